The van der Waals surface area contributed by atoms with Crippen LogP contribution in [0.1, 0.15) is 24.0 Å². The highest BCUT2D eigenvalue weighted by atomic mass is 16.5. The molecule has 0 saturated carbocycles. The second-order valence-electron chi connectivity index (χ2n) is 4.94. The van der Waals surface area contributed by atoms with E-state index in [-0.39, 0.29) is 0 Å². The van der Waals surface area contributed by atoms with Crippen molar-refractivity contribution < 1.29 is 4.74 Å². The third-order valence-corrected chi connectivity index (χ3v) is 3.25. The van der Waals surface area contributed by atoms with Crippen LogP contribution < -0.4 is 10.1 Å². The van der Waals surface area contributed by atoms with Crippen molar-refractivity contribution in [3.8, 4) is 5.75 Å². The first-order valence-electron chi connectivity index (χ1n) is 7.50. The van der Waals surface area contributed by atoms with Gasteiger partial charge in [0.15, 0.2) is 0 Å². The van der Waals surface area contributed by atoms with Crippen LogP contribution in [-0.2, 0) is 0 Å². The third kappa shape index (κ3) is 5.44. The number of benzene rings is 2. The molecule has 0 fully saturated rings. The quantitative estimate of drug-likeness (QED) is 0.577. The van der Waals surface area contributed by atoms with E-state index in [1.54, 1.807) is 0 Å². The molecule has 0 unspecified atom stereocenters. The molecule has 0 aliphatic heterocycles. The molecule has 2 aromatic rings. The van der Waals surface area contributed by atoms with Crippen LogP contribution in [0.4, 0.5) is 0 Å². The van der Waals surface area contributed by atoms with Crippen LogP contribution in [-0.4, -0.2) is 20.2 Å². The van der Waals surface area contributed by atoms with Gasteiger partial charge in [-0.05, 0) is 38.1 Å². The van der Waals surface area contributed by atoms with Crippen molar-refractivity contribution in [2.75, 3.05) is 20.2 Å². The number of rotatable bonds is 8. The lowest BCUT2D eigenvalue weighted by Crippen LogP contribution is -2.09. The predicted octanol–water partition coefficient (Wildman–Crippen LogP) is 4.24. The van der Waals surface area contributed by atoms with E-state index in [9.17, 15) is 0 Å². The fourth-order valence-electron chi connectivity index (χ4n) is 2.09. The molecule has 0 bridgehead atoms. The number of hydrogen-bond donors (Lipinski definition) is 1. The Morgan fingerprint density at radius 1 is 0.905 bits per heavy atom. The van der Waals surface area contributed by atoms with Gasteiger partial charge in [0, 0.05) is 5.56 Å². The average Bonchev–Trinajstić information content (AvgIpc) is 2.55. The summed E-state index contributed by atoms with van der Waals surface area (Å²) in [5.41, 5.74) is 2.32. The fourth-order valence-corrected chi connectivity index (χ4v) is 2.09. The number of para-hydroxylation sites is 1. The van der Waals surface area contributed by atoms with Gasteiger partial charge in [0.1, 0.15) is 5.75 Å². The van der Waals surface area contributed by atoms with Gasteiger partial charge in [-0.15, -0.1) is 0 Å². The van der Waals surface area contributed by atoms with Gasteiger partial charge in [-0.1, -0.05) is 60.7 Å². The van der Waals surface area contributed by atoms with Crippen molar-refractivity contribution >= 4 is 12.2 Å². The van der Waals surface area contributed by atoms with E-state index >= 15 is 0 Å². The summed E-state index contributed by atoms with van der Waals surface area (Å²) < 4.78 is 5.89. The first-order valence-corrected chi connectivity index (χ1v) is 7.50. The zero-order chi connectivity index (χ0) is 14.8. The molecule has 2 heteroatoms. The Morgan fingerprint density at radius 2 is 1.67 bits per heavy atom. The smallest absolute Gasteiger partial charge is 0.126 e. The van der Waals surface area contributed by atoms with Gasteiger partial charge in [0.05, 0.1) is 6.61 Å². The molecule has 0 aliphatic carbocycles. The van der Waals surface area contributed by atoms with Crippen LogP contribution in [0.5, 0.6) is 5.75 Å². The van der Waals surface area contributed by atoms with Gasteiger partial charge in [0.2, 0.25) is 0 Å². The molecule has 0 atom stereocenters. The Morgan fingerprint density at radius 3 is 2.48 bits per heavy atom. The van der Waals surface area contributed by atoms with E-state index < -0.39 is 0 Å². The van der Waals surface area contributed by atoms with Gasteiger partial charge in [-0.3, -0.25) is 0 Å². The Balaban J connectivity index is 1.95. The maximum atomic E-state index is 5.89. The lowest BCUT2D eigenvalue weighted by Gasteiger charge is -2.09. The summed E-state index contributed by atoms with van der Waals surface area (Å²) >= 11 is 0. The molecule has 1 N–H and O–H groups in total. The maximum Gasteiger partial charge on any atom is 0.126 e. The van der Waals surface area contributed by atoms with E-state index in [4.69, 9.17) is 4.74 Å². The van der Waals surface area contributed by atoms with E-state index in [0.29, 0.717) is 0 Å². The second kappa shape index (κ2) is 8.98. The molecule has 2 aromatic carbocycles. The largest absolute Gasteiger partial charge is 0.493 e. The summed E-state index contributed by atoms with van der Waals surface area (Å²) in [5.74, 6) is 0.953. The first-order chi connectivity index (χ1) is 10.4. The SMILES string of the molecule is CNCCCCOc1ccccc1/C=C/c1ccccc1. The van der Waals surface area contributed by atoms with Crippen molar-refractivity contribution in [1.82, 2.24) is 5.32 Å². The molecule has 21 heavy (non-hydrogen) atoms. The monoisotopic (exact) mass is 281 g/mol. The van der Waals surface area contributed by atoms with Crippen molar-refractivity contribution in [1.29, 1.82) is 0 Å². The minimum absolute atomic E-state index is 0.762. The van der Waals surface area contributed by atoms with Gasteiger partial charge < -0.3 is 10.1 Å². The zero-order valence-corrected chi connectivity index (χ0v) is 12.6. The normalized spacial score (nSPS) is 10.9. The van der Waals surface area contributed by atoms with Crippen molar-refractivity contribution in [2.24, 2.45) is 0 Å². The molecule has 0 heterocycles. The van der Waals surface area contributed by atoms with Gasteiger partial charge in [-0.25, -0.2) is 0 Å². The minimum Gasteiger partial charge on any atom is -0.493 e. The zero-order valence-electron chi connectivity index (χ0n) is 12.6. The summed E-state index contributed by atoms with van der Waals surface area (Å²) in [6.45, 7) is 1.80. The van der Waals surface area contributed by atoms with Crippen molar-refractivity contribution in [3.05, 3.63) is 65.7 Å². The minimum atomic E-state index is 0.762. The van der Waals surface area contributed by atoms with Crippen molar-refractivity contribution in [3.63, 3.8) is 0 Å². The highest BCUT2D eigenvalue weighted by molar-refractivity contribution is 5.72. The molecule has 0 aliphatic rings. The molecule has 110 valence electrons. The second-order valence-corrected chi connectivity index (χ2v) is 4.94. The van der Waals surface area contributed by atoms with E-state index in [1.165, 1.54) is 5.56 Å². The summed E-state index contributed by atoms with van der Waals surface area (Å²) in [6.07, 6.45) is 6.43. The van der Waals surface area contributed by atoms with Crippen LogP contribution in [0.3, 0.4) is 0 Å². The Labute approximate surface area is 127 Å². The molecular weight excluding hydrogens is 258 g/mol. The number of ether oxygens (including phenoxy) is 1. The molecule has 0 saturated heterocycles. The summed E-state index contributed by atoms with van der Waals surface area (Å²) in [4.78, 5) is 0. The first kappa shape index (κ1) is 15.3. The number of unbranched alkanes of at least 4 members (excludes halogenated alkanes) is 1. The standard InChI is InChI=1S/C19H23NO/c1-20-15-7-8-16-21-19-12-6-5-11-18(19)14-13-17-9-3-2-4-10-17/h2-6,9-14,20H,7-8,15-16H2,1H3/b14-13+. The van der Waals surface area contributed by atoms with E-state index in [2.05, 4.69) is 35.7 Å². The lowest BCUT2D eigenvalue weighted by atomic mass is 10.1. The third-order valence-electron chi connectivity index (χ3n) is 3.25. The van der Waals surface area contributed by atoms with Gasteiger partial charge >= 0.3 is 0 Å². The summed E-state index contributed by atoms with van der Waals surface area (Å²) in [7, 11) is 1.98. The van der Waals surface area contributed by atoms with Crippen LogP contribution >= 0.6 is 0 Å². The van der Waals surface area contributed by atoms with Crippen LogP contribution in [0.2, 0.25) is 0 Å². The van der Waals surface area contributed by atoms with Crippen LogP contribution in [0.25, 0.3) is 12.2 Å². The molecule has 2 nitrogen and oxygen atoms in total. The molecule has 0 spiro atoms. The average molecular weight is 281 g/mol. The van der Waals surface area contributed by atoms with E-state index in [1.807, 2.05) is 43.4 Å². The molecule has 0 amide bonds. The fraction of sp³-hybridized carbons (Fsp3) is 0.263. The Bertz CT molecular complexity index is 549. The van der Waals surface area contributed by atoms with Crippen LogP contribution in [0, 0.1) is 0 Å². The number of nitrogens with one attached hydrogen (secondary N) is 1. The van der Waals surface area contributed by atoms with Crippen LogP contribution in [0.15, 0.2) is 54.6 Å². The lowest BCUT2D eigenvalue weighted by molar-refractivity contribution is 0.306. The maximum absolute atomic E-state index is 5.89. The topological polar surface area (TPSA) is 21.3 Å². The highest BCUT2D eigenvalue weighted by Gasteiger charge is 1.99. The van der Waals surface area contributed by atoms with E-state index in [0.717, 1.165) is 37.3 Å². The molecule has 2 rings (SSSR count). The number of hydrogen-bond acceptors (Lipinski definition) is 2. The Kier molecular flexibility index (Phi) is 6.56. The van der Waals surface area contributed by atoms with Gasteiger partial charge in [-0.2, -0.15) is 0 Å². The molecule has 0 aromatic heterocycles. The summed E-state index contributed by atoms with van der Waals surface area (Å²) in [6, 6.07) is 18.5. The predicted molar refractivity (Wildman–Crippen MR) is 90.5 cm³/mol. The molecule has 0 radical (unpaired) electrons. The highest BCUT2D eigenvalue weighted by Crippen LogP contribution is 2.21. The van der Waals surface area contributed by atoms with Crippen molar-refractivity contribution in [2.45, 2.75) is 12.8 Å². The summed E-state index contributed by atoms with van der Waals surface area (Å²) in [5, 5.41) is 3.15. The van der Waals surface area contributed by atoms with Gasteiger partial charge in [0.25, 0.3) is 0 Å². The Hall–Kier alpha value is -2.06. The molecular formula is C19H23NO.